The Morgan fingerprint density at radius 2 is 0.887 bits per heavy atom. The van der Waals surface area contributed by atoms with Gasteiger partial charge in [0.25, 0.3) is 0 Å². The van der Waals surface area contributed by atoms with E-state index in [1.54, 1.807) is 84.9 Å². The van der Waals surface area contributed by atoms with Gasteiger partial charge in [-0.1, -0.05) is 113 Å². The van der Waals surface area contributed by atoms with Gasteiger partial charge < -0.3 is 21.3 Å². The molecule has 0 saturated heterocycles. The molecule has 6 aromatic rings. The van der Waals surface area contributed by atoms with E-state index in [1.807, 2.05) is 48.5 Å². The number of aliphatic hydroxyl groups is 2. The van der Waals surface area contributed by atoms with Crippen molar-refractivity contribution in [1.29, 1.82) is 0 Å². The van der Waals surface area contributed by atoms with Gasteiger partial charge in [0.2, 0.25) is 0 Å². The number of aliphatic hydroxyl groups excluding tert-OH is 2. The molecule has 9 heteroatoms. The Kier molecular flexibility index (Phi) is 11.5. The van der Waals surface area contributed by atoms with Gasteiger partial charge in [0.1, 0.15) is 0 Å². The van der Waals surface area contributed by atoms with Gasteiger partial charge in [-0.3, -0.25) is 19.2 Å². The number of rotatable bonds is 6. The predicted octanol–water partition coefficient (Wildman–Crippen LogP) is 7.77. The van der Waals surface area contributed by atoms with Crippen LogP contribution in [-0.2, 0) is 12.8 Å². The van der Waals surface area contributed by atoms with Crippen molar-refractivity contribution in [2.45, 2.75) is 12.8 Å². The molecule has 53 heavy (non-hydrogen) atoms. The molecule has 8 nitrogen and oxygen atoms in total. The van der Waals surface area contributed by atoms with Crippen LogP contribution < -0.4 is 11.1 Å². The van der Waals surface area contributed by atoms with E-state index in [0.29, 0.717) is 67.5 Å². The first-order chi connectivity index (χ1) is 25.7. The van der Waals surface area contributed by atoms with Crippen molar-refractivity contribution in [3.05, 3.63) is 194 Å². The van der Waals surface area contributed by atoms with Crippen LogP contribution in [0.2, 0.25) is 0 Å². The molecule has 2 aliphatic rings. The highest BCUT2D eigenvalue weighted by molar-refractivity contribution is 9.10. The third-order valence-electron chi connectivity index (χ3n) is 8.87. The topological polar surface area (TPSA) is 147 Å². The van der Waals surface area contributed by atoms with Gasteiger partial charge in [0, 0.05) is 68.0 Å². The number of benzene rings is 6. The predicted molar refractivity (Wildman–Crippen MR) is 209 cm³/mol. The van der Waals surface area contributed by atoms with Crippen LogP contribution in [0.4, 0.5) is 17.1 Å². The second kappa shape index (κ2) is 16.6. The van der Waals surface area contributed by atoms with Crippen LogP contribution >= 0.6 is 15.9 Å². The van der Waals surface area contributed by atoms with Gasteiger partial charge in [0.15, 0.2) is 23.1 Å². The fourth-order valence-electron chi connectivity index (χ4n) is 6.20. The standard InChI is InChI=1S/C22H17NO3.C14H7BrO2.C8H11NO/c24-13-12-14-8-10-15(11-9-14)23-19-7-3-6-18-20(19)22(26)17-5-2-1-4-16(17)21(18)25;15-11-7-3-6-10-12(11)14(17)9-5-2-1-4-8(9)13(10)16;9-8-3-1-7(2-4-8)5-6-10/h1-11,23-24H,12-13H2;1-7H;1-4,10H,5-6,9H2. The molecule has 0 unspecified atom stereocenters. The van der Waals surface area contributed by atoms with Crippen molar-refractivity contribution in [1.82, 2.24) is 0 Å². The van der Waals surface area contributed by atoms with E-state index in [-0.39, 0.29) is 36.3 Å². The van der Waals surface area contributed by atoms with Crippen molar-refractivity contribution in [2.75, 3.05) is 24.3 Å². The molecule has 0 radical (unpaired) electrons. The van der Waals surface area contributed by atoms with Crippen LogP contribution in [0.1, 0.15) is 74.8 Å². The van der Waals surface area contributed by atoms with Crippen molar-refractivity contribution < 1.29 is 29.4 Å². The maximum Gasteiger partial charge on any atom is 0.196 e. The lowest BCUT2D eigenvalue weighted by Gasteiger charge is -2.20. The zero-order chi connectivity index (χ0) is 37.5. The average molecular weight is 768 g/mol. The van der Waals surface area contributed by atoms with Crippen LogP contribution in [0.25, 0.3) is 0 Å². The molecule has 0 aromatic heterocycles. The summed E-state index contributed by atoms with van der Waals surface area (Å²) in [5, 5.41) is 20.8. The van der Waals surface area contributed by atoms with E-state index in [1.165, 1.54) is 0 Å². The molecule has 2 aliphatic carbocycles. The molecular formula is C44H35BrN2O6. The molecule has 0 saturated carbocycles. The number of nitrogens with two attached hydrogens (primary N) is 1. The SMILES string of the molecule is Nc1ccc(CCO)cc1.O=C1c2ccccc2C(=O)c2c(Br)cccc21.O=C1c2ccccc2C(=O)c2c(Nc3ccc(CCO)cc3)cccc21. The summed E-state index contributed by atoms with van der Waals surface area (Å²) in [6.07, 6.45) is 1.31. The number of halogens is 1. The Labute approximate surface area is 315 Å². The Hall–Kier alpha value is -6.00. The third kappa shape index (κ3) is 7.93. The number of anilines is 3. The lowest BCUT2D eigenvalue weighted by Crippen LogP contribution is -2.22. The quantitative estimate of drug-likeness (QED) is 0.126. The summed E-state index contributed by atoms with van der Waals surface area (Å²) >= 11 is 3.33. The monoisotopic (exact) mass is 766 g/mol. The van der Waals surface area contributed by atoms with Gasteiger partial charge in [-0.05, 0) is 60.4 Å². The number of carbonyl (C=O) groups is 4. The highest BCUT2D eigenvalue weighted by Crippen LogP contribution is 2.34. The smallest absolute Gasteiger partial charge is 0.196 e. The van der Waals surface area contributed by atoms with E-state index in [0.717, 1.165) is 22.5 Å². The molecule has 0 heterocycles. The summed E-state index contributed by atoms with van der Waals surface area (Å²) in [5.74, 6) is -0.452. The first kappa shape index (κ1) is 36.8. The summed E-state index contributed by atoms with van der Waals surface area (Å²) < 4.78 is 0.669. The van der Waals surface area contributed by atoms with Crippen LogP contribution in [0, 0.1) is 0 Å². The van der Waals surface area contributed by atoms with Crippen molar-refractivity contribution >= 4 is 56.1 Å². The molecular weight excluding hydrogens is 732 g/mol. The van der Waals surface area contributed by atoms with Crippen molar-refractivity contribution in [3.8, 4) is 0 Å². The molecule has 6 aromatic carbocycles. The van der Waals surface area contributed by atoms with E-state index in [4.69, 9.17) is 15.9 Å². The molecule has 264 valence electrons. The third-order valence-corrected chi connectivity index (χ3v) is 9.53. The minimum absolute atomic E-state index is 0.0866. The summed E-state index contributed by atoms with van der Waals surface area (Å²) in [6, 6.07) is 39.5. The zero-order valence-electron chi connectivity index (χ0n) is 28.5. The minimum atomic E-state index is -0.143. The number of hydrogen-bond acceptors (Lipinski definition) is 8. The lowest BCUT2D eigenvalue weighted by molar-refractivity contribution is 0.0978. The summed E-state index contributed by atoms with van der Waals surface area (Å²) in [4.78, 5) is 50.3. The molecule has 0 spiro atoms. The molecule has 5 N–H and O–H groups in total. The molecule has 0 fully saturated rings. The molecule has 0 amide bonds. The van der Waals surface area contributed by atoms with E-state index < -0.39 is 0 Å². The summed E-state index contributed by atoms with van der Waals surface area (Å²) in [7, 11) is 0. The second-order valence-corrected chi connectivity index (χ2v) is 13.2. The number of fused-ring (bicyclic) bond motifs is 4. The molecule has 0 aliphatic heterocycles. The van der Waals surface area contributed by atoms with Gasteiger partial charge in [-0.25, -0.2) is 0 Å². The maximum atomic E-state index is 13.0. The van der Waals surface area contributed by atoms with Gasteiger partial charge in [-0.15, -0.1) is 0 Å². The first-order valence-corrected chi connectivity index (χ1v) is 17.7. The zero-order valence-corrected chi connectivity index (χ0v) is 30.1. The fraction of sp³-hybridized carbons (Fsp3) is 0.0909. The Balaban J connectivity index is 0.000000152. The minimum Gasteiger partial charge on any atom is -0.399 e. The Morgan fingerprint density at radius 1 is 0.472 bits per heavy atom. The van der Waals surface area contributed by atoms with Crippen molar-refractivity contribution in [3.63, 3.8) is 0 Å². The second-order valence-electron chi connectivity index (χ2n) is 12.3. The fourth-order valence-corrected chi connectivity index (χ4v) is 6.75. The van der Waals surface area contributed by atoms with Crippen LogP contribution in [0.5, 0.6) is 0 Å². The Morgan fingerprint density at radius 3 is 1.40 bits per heavy atom. The van der Waals surface area contributed by atoms with Gasteiger partial charge in [0.05, 0.1) is 11.3 Å². The van der Waals surface area contributed by atoms with E-state index >= 15 is 0 Å². The van der Waals surface area contributed by atoms with Gasteiger partial charge in [-0.2, -0.15) is 0 Å². The van der Waals surface area contributed by atoms with Crippen LogP contribution in [0.3, 0.4) is 0 Å². The number of ketones is 4. The number of hydrogen-bond donors (Lipinski definition) is 4. The van der Waals surface area contributed by atoms with E-state index in [9.17, 15) is 19.2 Å². The number of carbonyl (C=O) groups excluding carboxylic acids is 4. The van der Waals surface area contributed by atoms with Crippen LogP contribution in [-0.4, -0.2) is 46.6 Å². The first-order valence-electron chi connectivity index (χ1n) is 16.9. The highest BCUT2D eigenvalue weighted by atomic mass is 79.9. The lowest BCUT2D eigenvalue weighted by atomic mass is 9.83. The van der Waals surface area contributed by atoms with E-state index in [2.05, 4.69) is 21.2 Å². The summed E-state index contributed by atoms with van der Waals surface area (Å²) in [6.45, 7) is 0.304. The molecule has 0 atom stereocenters. The van der Waals surface area contributed by atoms with Crippen LogP contribution in [0.15, 0.2) is 138 Å². The average Bonchev–Trinajstić information content (AvgIpc) is 3.18. The van der Waals surface area contributed by atoms with Gasteiger partial charge >= 0.3 is 0 Å². The molecule has 0 bridgehead atoms. The number of nitrogens with one attached hydrogen (secondary N) is 1. The largest absolute Gasteiger partial charge is 0.399 e. The summed E-state index contributed by atoms with van der Waals surface area (Å²) in [5.41, 5.74) is 13.5. The highest BCUT2D eigenvalue weighted by Gasteiger charge is 2.32. The number of nitrogen functional groups attached to an aromatic ring is 1. The Bertz CT molecular complexity index is 2330. The molecule has 8 rings (SSSR count). The van der Waals surface area contributed by atoms with Crippen molar-refractivity contribution in [2.24, 2.45) is 0 Å². The normalized spacial score (nSPS) is 12.2. The maximum absolute atomic E-state index is 13.0.